The number of fused-ring (bicyclic) bond motifs is 1. The van der Waals surface area contributed by atoms with Gasteiger partial charge in [0, 0.05) is 46.2 Å². The van der Waals surface area contributed by atoms with Crippen molar-refractivity contribution in [3.05, 3.63) is 29.6 Å². The van der Waals surface area contributed by atoms with Crippen molar-refractivity contribution in [1.29, 1.82) is 0 Å². The summed E-state index contributed by atoms with van der Waals surface area (Å²) in [5.41, 5.74) is 1.12. The van der Waals surface area contributed by atoms with Crippen LogP contribution in [0.2, 0.25) is 0 Å². The van der Waals surface area contributed by atoms with E-state index in [4.69, 9.17) is 0 Å². The van der Waals surface area contributed by atoms with Gasteiger partial charge >= 0.3 is 0 Å². The number of rotatable bonds is 6. The summed E-state index contributed by atoms with van der Waals surface area (Å²) in [6, 6.07) is 2.00. The molecule has 25 heavy (non-hydrogen) atoms. The highest BCUT2D eigenvalue weighted by Crippen LogP contribution is 2.15. The standard InChI is InChI=1S/C17H28N8/c1-18-17(20-13-14-9-11-21-24(14)2)19-10-6-8-16-23-22-15-7-4-3-5-12-25(15)16/h9,11H,3-8,10,12-13H2,1-2H3,(H2,18,19,20). The molecule has 2 aromatic heterocycles. The minimum absolute atomic E-state index is 0.702. The third-order valence-electron chi connectivity index (χ3n) is 4.64. The van der Waals surface area contributed by atoms with E-state index in [0.29, 0.717) is 6.54 Å². The second kappa shape index (κ2) is 8.64. The van der Waals surface area contributed by atoms with Crippen LogP contribution in [0.4, 0.5) is 0 Å². The van der Waals surface area contributed by atoms with Crippen molar-refractivity contribution in [2.75, 3.05) is 13.6 Å². The summed E-state index contributed by atoms with van der Waals surface area (Å²) < 4.78 is 4.18. The molecule has 0 unspecified atom stereocenters. The minimum atomic E-state index is 0.702. The van der Waals surface area contributed by atoms with Gasteiger partial charge in [0.25, 0.3) is 0 Å². The first-order chi connectivity index (χ1) is 12.3. The second-order valence-corrected chi connectivity index (χ2v) is 6.40. The molecule has 0 spiro atoms. The van der Waals surface area contributed by atoms with Crippen molar-refractivity contribution < 1.29 is 0 Å². The Bertz CT molecular complexity index is 699. The van der Waals surface area contributed by atoms with E-state index in [1.54, 1.807) is 13.2 Å². The predicted octanol–water partition coefficient (Wildman–Crippen LogP) is 1.04. The molecule has 3 heterocycles. The number of nitrogens with zero attached hydrogens (tertiary/aromatic N) is 6. The van der Waals surface area contributed by atoms with Crippen LogP contribution in [0.25, 0.3) is 0 Å². The summed E-state index contributed by atoms with van der Waals surface area (Å²) in [4.78, 5) is 4.27. The summed E-state index contributed by atoms with van der Waals surface area (Å²) in [6.45, 7) is 2.63. The molecule has 136 valence electrons. The molecule has 2 N–H and O–H groups in total. The van der Waals surface area contributed by atoms with Gasteiger partial charge in [-0.05, 0) is 25.3 Å². The molecule has 0 aliphatic carbocycles. The van der Waals surface area contributed by atoms with Crippen LogP contribution in [0.15, 0.2) is 17.3 Å². The largest absolute Gasteiger partial charge is 0.356 e. The fraction of sp³-hybridized carbons (Fsp3) is 0.647. The van der Waals surface area contributed by atoms with Crippen molar-refractivity contribution in [2.24, 2.45) is 12.0 Å². The summed E-state index contributed by atoms with van der Waals surface area (Å²) in [7, 11) is 3.73. The fourth-order valence-corrected chi connectivity index (χ4v) is 3.15. The Morgan fingerprint density at radius 2 is 2.16 bits per heavy atom. The summed E-state index contributed by atoms with van der Waals surface area (Å²) >= 11 is 0. The fourth-order valence-electron chi connectivity index (χ4n) is 3.15. The summed E-state index contributed by atoms with van der Waals surface area (Å²) in [6.07, 6.45) is 8.58. The lowest BCUT2D eigenvalue weighted by Gasteiger charge is -2.12. The van der Waals surface area contributed by atoms with Gasteiger partial charge in [-0.25, -0.2) is 0 Å². The van der Waals surface area contributed by atoms with Gasteiger partial charge in [-0.2, -0.15) is 5.10 Å². The number of hydrogen-bond donors (Lipinski definition) is 2. The van der Waals surface area contributed by atoms with Crippen LogP contribution in [0.5, 0.6) is 0 Å². The van der Waals surface area contributed by atoms with Crippen LogP contribution < -0.4 is 10.6 Å². The highest BCUT2D eigenvalue weighted by atomic mass is 15.3. The molecule has 0 atom stereocenters. The Morgan fingerprint density at radius 3 is 2.96 bits per heavy atom. The third kappa shape index (κ3) is 4.58. The number of guanidine groups is 1. The maximum absolute atomic E-state index is 4.39. The molecule has 8 nitrogen and oxygen atoms in total. The quantitative estimate of drug-likeness (QED) is 0.465. The van der Waals surface area contributed by atoms with Crippen LogP contribution in [0.3, 0.4) is 0 Å². The average molecular weight is 344 g/mol. The average Bonchev–Trinajstić information content (AvgIpc) is 3.12. The van der Waals surface area contributed by atoms with Gasteiger partial charge in [0.2, 0.25) is 0 Å². The van der Waals surface area contributed by atoms with Gasteiger partial charge < -0.3 is 15.2 Å². The Hall–Kier alpha value is -2.38. The monoisotopic (exact) mass is 344 g/mol. The molecule has 8 heteroatoms. The number of aliphatic imine (C=N–C) groups is 1. The van der Waals surface area contributed by atoms with Gasteiger partial charge in [0.1, 0.15) is 11.6 Å². The minimum Gasteiger partial charge on any atom is -0.356 e. The zero-order valence-corrected chi connectivity index (χ0v) is 15.2. The summed E-state index contributed by atoms with van der Waals surface area (Å²) in [5.74, 6) is 3.09. The van der Waals surface area contributed by atoms with E-state index < -0.39 is 0 Å². The molecule has 0 aromatic carbocycles. The maximum atomic E-state index is 4.39. The Balaban J connectivity index is 1.41. The molecule has 0 saturated carbocycles. The van der Waals surface area contributed by atoms with Gasteiger partial charge in [-0.3, -0.25) is 9.67 Å². The van der Waals surface area contributed by atoms with E-state index in [1.807, 2.05) is 17.8 Å². The maximum Gasteiger partial charge on any atom is 0.191 e. The van der Waals surface area contributed by atoms with Gasteiger partial charge in [0.15, 0.2) is 5.96 Å². The zero-order valence-electron chi connectivity index (χ0n) is 15.2. The molecule has 0 saturated heterocycles. The van der Waals surface area contributed by atoms with Crippen molar-refractivity contribution in [3.8, 4) is 0 Å². The van der Waals surface area contributed by atoms with Crippen LogP contribution in [-0.4, -0.2) is 44.1 Å². The molecular weight excluding hydrogens is 316 g/mol. The van der Waals surface area contributed by atoms with E-state index in [0.717, 1.165) is 55.7 Å². The number of nitrogens with one attached hydrogen (secondary N) is 2. The Kier molecular flexibility index (Phi) is 6.03. The predicted molar refractivity (Wildman–Crippen MR) is 97.3 cm³/mol. The van der Waals surface area contributed by atoms with Crippen molar-refractivity contribution >= 4 is 5.96 Å². The lowest BCUT2D eigenvalue weighted by atomic mass is 10.2. The molecule has 0 amide bonds. The molecule has 1 aliphatic heterocycles. The van der Waals surface area contributed by atoms with Crippen molar-refractivity contribution in [2.45, 2.75) is 51.6 Å². The van der Waals surface area contributed by atoms with Crippen LogP contribution >= 0.6 is 0 Å². The van der Waals surface area contributed by atoms with E-state index in [2.05, 4.69) is 35.5 Å². The van der Waals surface area contributed by atoms with E-state index in [9.17, 15) is 0 Å². The molecule has 1 aliphatic rings. The number of aryl methyl sites for hydroxylation is 3. The van der Waals surface area contributed by atoms with Crippen LogP contribution in [0.1, 0.15) is 43.0 Å². The first-order valence-corrected chi connectivity index (χ1v) is 9.10. The smallest absolute Gasteiger partial charge is 0.191 e. The Labute approximate surface area is 148 Å². The van der Waals surface area contributed by atoms with Gasteiger partial charge in [0.05, 0.1) is 12.2 Å². The molecule has 0 fully saturated rings. The van der Waals surface area contributed by atoms with E-state index in [1.165, 1.54) is 19.3 Å². The van der Waals surface area contributed by atoms with Crippen LogP contribution in [0, 0.1) is 0 Å². The Morgan fingerprint density at radius 1 is 1.24 bits per heavy atom. The topological polar surface area (TPSA) is 84.9 Å². The second-order valence-electron chi connectivity index (χ2n) is 6.40. The number of hydrogen-bond acceptors (Lipinski definition) is 4. The molecular formula is C17H28N8. The normalized spacial score (nSPS) is 14.9. The van der Waals surface area contributed by atoms with E-state index in [-0.39, 0.29) is 0 Å². The van der Waals surface area contributed by atoms with E-state index >= 15 is 0 Å². The summed E-state index contributed by atoms with van der Waals surface area (Å²) in [5, 5.41) is 19.6. The zero-order chi connectivity index (χ0) is 17.5. The first kappa shape index (κ1) is 17.4. The highest BCUT2D eigenvalue weighted by molar-refractivity contribution is 5.79. The van der Waals surface area contributed by atoms with Crippen LogP contribution in [-0.2, 0) is 33.0 Å². The van der Waals surface area contributed by atoms with Gasteiger partial charge in [-0.1, -0.05) is 6.42 Å². The number of aromatic nitrogens is 5. The lowest BCUT2D eigenvalue weighted by molar-refractivity contribution is 0.593. The van der Waals surface area contributed by atoms with Gasteiger partial charge in [-0.15, -0.1) is 10.2 Å². The molecule has 0 radical (unpaired) electrons. The van der Waals surface area contributed by atoms with Crippen molar-refractivity contribution in [1.82, 2.24) is 35.2 Å². The highest BCUT2D eigenvalue weighted by Gasteiger charge is 2.14. The molecule has 2 aromatic rings. The lowest BCUT2D eigenvalue weighted by Crippen LogP contribution is -2.37. The SMILES string of the molecule is CN=C(NCCCc1nnc2n1CCCCC2)NCc1ccnn1C. The third-order valence-corrected chi connectivity index (χ3v) is 4.64. The first-order valence-electron chi connectivity index (χ1n) is 9.10. The molecule has 3 rings (SSSR count). The van der Waals surface area contributed by atoms with Crippen molar-refractivity contribution in [3.63, 3.8) is 0 Å². The molecule has 0 bridgehead atoms.